The Hall–Kier alpha value is -0.500. The van der Waals surface area contributed by atoms with Gasteiger partial charge >= 0.3 is 5.97 Å². The van der Waals surface area contributed by atoms with E-state index in [1.54, 1.807) is 0 Å². The standard InChI is InChI=1S/C11H13BrN2O3S/c12-8-5-18-10(14-8)11(17-4-9(15)16)2-7-1-6(11)3-13-7/h5-7,13H,1-4H2,(H,15,16). The summed E-state index contributed by atoms with van der Waals surface area (Å²) in [6, 6.07) is 0.423. The highest BCUT2D eigenvalue weighted by molar-refractivity contribution is 9.10. The van der Waals surface area contributed by atoms with Gasteiger partial charge in [0.2, 0.25) is 0 Å². The summed E-state index contributed by atoms with van der Waals surface area (Å²) in [6.07, 6.45) is 1.85. The number of thiazole rings is 1. The number of carboxylic acids is 1. The van der Waals surface area contributed by atoms with Crippen LogP contribution in [-0.4, -0.2) is 35.3 Å². The lowest BCUT2D eigenvalue weighted by Gasteiger charge is -2.35. The van der Waals surface area contributed by atoms with Crippen LogP contribution in [0.15, 0.2) is 9.98 Å². The second-order valence-corrected chi connectivity index (χ2v) is 6.46. The minimum absolute atomic E-state index is 0.263. The number of hydrogen-bond acceptors (Lipinski definition) is 5. The fourth-order valence-electron chi connectivity index (χ4n) is 3.00. The van der Waals surface area contributed by atoms with E-state index in [1.807, 2.05) is 5.38 Å². The van der Waals surface area contributed by atoms with Gasteiger partial charge in [0.25, 0.3) is 0 Å². The molecule has 1 aliphatic heterocycles. The number of carbonyl (C=O) groups is 1. The molecule has 3 unspecified atom stereocenters. The summed E-state index contributed by atoms with van der Waals surface area (Å²) >= 11 is 4.88. The molecule has 0 radical (unpaired) electrons. The summed E-state index contributed by atoms with van der Waals surface area (Å²) in [5.41, 5.74) is -0.509. The van der Waals surface area contributed by atoms with Crippen LogP contribution in [0.4, 0.5) is 0 Å². The topological polar surface area (TPSA) is 71.5 Å². The van der Waals surface area contributed by atoms with Gasteiger partial charge in [-0.15, -0.1) is 11.3 Å². The Kier molecular flexibility index (Phi) is 3.17. The van der Waals surface area contributed by atoms with Gasteiger partial charge in [-0.25, -0.2) is 9.78 Å². The van der Waals surface area contributed by atoms with Crippen molar-refractivity contribution in [1.29, 1.82) is 0 Å². The Morgan fingerprint density at radius 3 is 3.11 bits per heavy atom. The molecular formula is C11H13BrN2O3S. The van der Waals surface area contributed by atoms with Gasteiger partial charge in [0.05, 0.1) is 0 Å². The van der Waals surface area contributed by atoms with Crippen LogP contribution in [0.5, 0.6) is 0 Å². The average Bonchev–Trinajstić information content (AvgIpc) is 3.01. The highest BCUT2D eigenvalue weighted by Gasteiger charge is 2.55. The Labute approximate surface area is 117 Å². The van der Waals surface area contributed by atoms with Crippen molar-refractivity contribution in [1.82, 2.24) is 10.3 Å². The fourth-order valence-corrected chi connectivity index (χ4v) is 4.50. The van der Waals surface area contributed by atoms with Crippen molar-refractivity contribution >= 4 is 33.2 Å². The van der Waals surface area contributed by atoms with Crippen molar-refractivity contribution in [2.24, 2.45) is 5.92 Å². The van der Waals surface area contributed by atoms with Gasteiger partial charge in [0, 0.05) is 23.9 Å². The summed E-state index contributed by atoms with van der Waals surface area (Å²) in [5, 5.41) is 15.1. The average molecular weight is 333 g/mol. The van der Waals surface area contributed by atoms with Gasteiger partial charge in [0.1, 0.15) is 21.8 Å². The molecule has 1 aromatic rings. The monoisotopic (exact) mass is 332 g/mol. The van der Waals surface area contributed by atoms with Crippen LogP contribution in [0.1, 0.15) is 17.8 Å². The van der Waals surface area contributed by atoms with Crippen LogP contribution < -0.4 is 5.32 Å². The van der Waals surface area contributed by atoms with Crippen LogP contribution in [0.25, 0.3) is 0 Å². The molecule has 5 nitrogen and oxygen atoms in total. The van der Waals surface area contributed by atoms with E-state index in [-0.39, 0.29) is 6.61 Å². The number of nitrogens with zero attached hydrogens (tertiary/aromatic N) is 1. The molecular weight excluding hydrogens is 320 g/mol. The fraction of sp³-hybridized carbons (Fsp3) is 0.636. The third-order valence-corrected chi connectivity index (χ3v) is 5.43. The number of aromatic nitrogens is 1. The molecule has 0 aromatic carbocycles. The molecule has 2 heterocycles. The Morgan fingerprint density at radius 1 is 1.78 bits per heavy atom. The molecule has 98 valence electrons. The normalized spacial score (nSPS) is 34.1. The smallest absolute Gasteiger partial charge is 0.329 e. The summed E-state index contributed by atoms with van der Waals surface area (Å²) in [4.78, 5) is 15.2. The van der Waals surface area contributed by atoms with Crippen molar-refractivity contribution in [2.45, 2.75) is 24.5 Å². The quantitative estimate of drug-likeness (QED) is 0.875. The zero-order valence-electron chi connectivity index (χ0n) is 9.56. The molecule has 3 rings (SSSR count). The minimum Gasteiger partial charge on any atom is -0.480 e. The van der Waals surface area contributed by atoms with Gasteiger partial charge in [-0.2, -0.15) is 0 Å². The van der Waals surface area contributed by atoms with E-state index in [0.29, 0.717) is 12.0 Å². The summed E-state index contributed by atoms with van der Waals surface area (Å²) in [5.74, 6) is -0.611. The van der Waals surface area contributed by atoms with Gasteiger partial charge < -0.3 is 15.2 Å². The van der Waals surface area contributed by atoms with Crippen molar-refractivity contribution in [3.05, 3.63) is 15.0 Å². The number of aliphatic carboxylic acids is 1. The molecule has 2 aliphatic rings. The van der Waals surface area contributed by atoms with E-state index >= 15 is 0 Å². The van der Waals surface area contributed by atoms with E-state index < -0.39 is 11.6 Å². The first kappa shape index (κ1) is 12.5. The molecule has 7 heteroatoms. The zero-order chi connectivity index (χ0) is 12.8. The third kappa shape index (κ3) is 1.99. The maximum atomic E-state index is 10.8. The molecule has 2 fully saturated rings. The Morgan fingerprint density at radius 2 is 2.61 bits per heavy atom. The molecule has 2 N–H and O–H groups in total. The van der Waals surface area contributed by atoms with E-state index in [0.717, 1.165) is 29.0 Å². The van der Waals surface area contributed by atoms with Crippen LogP contribution in [0.2, 0.25) is 0 Å². The lowest BCUT2D eigenvalue weighted by Crippen LogP contribution is -2.44. The number of halogens is 1. The highest BCUT2D eigenvalue weighted by Crippen LogP contribution is 2.50. The Balaban J connectivity index is 1.91. The summed E-state index contributed by atoms with van der Waals surface area (Å²) in [6.45, 7) is 0.613. The van der Waals surface area contributed by atoms with E-state index in [1.165, 1.54) is 11.3 Å². The first-order valence-electron chi connectivity index (χ1n) is 5.81. The van der Waals surface area contributed by atoms with Crippen LogP contribution in [0.3, 0.4) is 0 Å². The molecule has 1 saturated carbocycles. The number of fused-ring (bicyclic) bond motifs is 2. The molecule has 0 spiro atoms. The van der Waals surface area contributed by atoms with E-state index in [4.69, 9.17) is 9.84 Å². The predicted molar refractivity (Wildman–Crippen MR) is 69.6 cm³/mol. The number of nitrogens with one attached hydrogen (secondary N) is 1. The molecule has 0 amide bonds. The van der Waals surface area contributed by atoms with Gasteiger partial charge in [-0.3, -0.25) is 0 Å². The van der Waals surface area contributed by atoms with Crippen molar-refractivity contribution < 1.29 is 14.6 Å². The largest absolute Gasteiger partial charge is 0.480 e. The summed E-state index contributed by atoms with van der Waals surface area (Å²) < 4.78 is 6.56. The molecule has 18 heavy (non-hydrogen) atoms. The number of ether oxygens (including phenoxy) is 1. The molecule has 1 saturated heterocycles. The lowest BCUT2D eigenvalue weighted by molar-refractivity contribution is -0.155. The molecule has 1 aromatic heterocycles. The third-order valence-electron chi connectivity index (χ3n) is 3.72. The van der Waals surface area contributed by atoms with Crippen molar-refractivity contribution in [3.8, 4) is 0 Å². The number of piperidine rings is 1. The lowest BCUT2D eigenvalue weighted by atomic mass is 9.90. The second-order valence-electron chi connectivity index (χ2n) is 4.79. The van der Waals surface area contributed by atoms with Crippen LogP contribution in [0, 0.1) is 5.92 Å². The minimum atomic E-state index is -0.930. The molecule has 2 bridgehead atoms. The summed E-state index contributed by atoms with van der Waals surface area (Å²) in [7, 11) is 0. The maximum Gasteiger partial charge on any atom is 0.329 e. The van der Waals surface area contributed by atoms with E-state index in [2.05, 4.69) is 26.2 Å². The van der Waals surface area contributed by atoms with Crippen molar-refractivity contribution in [3.63, 3.8) is 0 Å². The second kappa shape index (κ2) is 4.56. The van der Waals surface area contributed by atoms with Crippen LogP contribution >= 0.6 is 27.3 Å². The number of hydrogen-bond donors (Lipinski definition) is 2. The number of rotatable bonds is 4. The maximum absolute atomic E-state index is 10.8. The first-order chi connectivity index (χ1) is 8.60. The van der Waals surface area contributed by atoms with Crippen LogP contribution in [-0.2, 0) is 15.1 Å². The highest BCUT2D eigenvalue weighted by atomic mass is 79.9. The SMILES string of the molecule is O=C(O)COC1(c2nc(Br)cs2)CC2CC1CN2. The van der Waals surface area contributed by atoms with Gasteiger partial charge in [0.15, 0.2) is 0 Å². The van der Waals surface area contributed by atoms with Crippen molar-refractivity contribution in [2.75, 3.05) is 13.2 Å². The van der Waals surface area contributed by atoms with Gasteiger partial charge in [-0.1, -0.05) is 0 Å². The van der Waals surface area contributed by atoms with Gasteiger partial charge in [-0.05, 0) is 28.8 Å². The zero-order valence-corrected chi connectivity index (χ0v) is 12.0. The molecule has 3 atom stereocenters. The first-order valence-corrected chi connectivity index (χ1v) is 7.48. The Bertz CT molecular complexity index is 481. The molecule has 1 aliphatic carbocycles. The number of carboxylic acid groups (broad SMARTS) is 1. The predicted octanol–water partition coefficient (Wildman–Crippen LogP) is 1.58. The van der Waals surface area contributed by atoms with E-state index in [9.17, 15) is 4.79 Å².